The first-order valence-corrected chi connectivity index (χ1v) is 8.25. The molecule has 1 aliphatic rings. The molecule has 0 atom stereocenters. The molecule has 2 aromatic heterocycles. The van der Waals surface area contributed by atoms with E-state index in [4.69, 9.17) is 10.1 Å². The molecule has 2 N–H and O–H groups in total. The number of thiazole rings is 1. The minimum absolute atomic E-state index is 0.618. The van der Waals surface area contributed by atoms with E-state index >= 15 is 0 Å². The van der Waals surface area contributed by atoms with Crippen molar-refractivity contribution in [3.05, 3.63) is 23.0 Å². The van der Waals surface area contributed by atoms with Gasteiger partial charge < -0.3 is 10.4 Å². The number of hydrogen-bond acceptors (Lipinski definition) is 4. The van der Waals surface area contributed by atoms with Crippen molar-refractivity contribution < 1.29 is 9.90 Å². The van der Waals surface area contributed by atoms with Crippen LogP contribution in [0.3, 0.4) is 0 Å². The van der Waals surface area contributed by atoms with Crippen molar-refractivity contribution in [3.8, 4) is 0 Å². The Morgan fingerprint density at radius 3 is 3.00 bits per heavy atom. The molecule has 1 aliphatic carbocycles. The zero-order chi connectivity index (χ0) is 15.0. The number of rotatable bonds is 7. The molecule has 0 saturated heterocycles. The lowest BCUT2D eigenvalue weighted by Crippen LogP contribution is -2.29. The van der Waals surface area contributed by atoms with Crippen LogP contribution in [0.25, 0.3) is 4.96 Å². The molecule has 0 aromatic carbocycles. The summed E-state index contributed by atoms with van der Waals surface area (Å²) in [5, 5.41) is 14.6. The van der Waals surface area contributed by atoms with E-state index in [9.17, 15) is 4.79 Å². The molecule has 0 aliphatic heterocycles. The van der Waals surface area contributed by atoms with E-state index in [0.29, 0.717) is 18.9 Å². The third-order valence-electron chi connectivity index (χ3n) is 4.15. The number of carboxylic acid groups (broad SMARTS) is 1. The van der Waals surface area contributed by atoms with Crippen molar-refractivity contribution in [2.75, 3.05) is 6.54 Å². The van der Waals surface area contributed by atoms with Gasteiger partial charge in [-0.05, 0) is 39.7 Å². The van der Waals surface area contributed by atoms with Gasteiger partial charge in [-0.15, -0.1) is 11.3 Å². The Morgan fingerprint density at radius 2 is 2.33 bits per heavy atom. The van der Waals surface area contributed by atoms with Gasteiger partial charge in [0.25, 0.3) is 0 Å². The highest BCUT2D eigenvalue weighted by molar-refractivity contribution is 7.15. The van der Waals surface area contributed by atoms with Crippen LogP contribution in [-0.2, 0) is 11.3 Å². The number of nitrogens with zero attached hydrogens (tertiary/aromatic N) is 2. The third kappa shape index (κ3) is 2.96. The van der Waals surface area contributed by atoms with Gasteiger partial charge in [-0.2, -0.15) is 0 Å². The maximum absolute atomic E-state index is 11.1. The number of hydrogen-bond donors (Lipinski definition) is 2. The Bertz CT molecular complexity index is 655. The molecule has 0 unspecified atom stereocenters. The number of fused-ring (bicyclic) bond motifs is 1. The van der Waals surface area contributed by atoms with Crippen molar-refractivity contribution >= 4 is 22.3 Å². The van der Waals surface area contributed by atoms with Crippen molar-refractivity contribution in [2.45, 2.75) is 45.6 Å². The maximum Gasteiger partial charge on any atom is 0.309 e. The highest BCUT2D eigenvalue weighted by Crippen LogP contribution is 2.41. The molecular formula is C15H21N3O2S. The van der Waals surface area contributed by atoms with E-state index < -0.39 is 11.4 Å². The number of carbonyl (C=O) groups is 1. The van der Waals surface area contributed by atoms with Gasteiger partial charge in [0, 0.05) is 24.0 Å². The fourth-order valence-electron chi connectivity index (χ4n) is 2.42. The number of nitrogens with one attached hydrogen (secondary N) is 1. The van der Waals surface area contributed by atoms with Crippen LogP contribution in [0.2, 0.25) is 0 Å². The quantitative estimate of drug-likeness (QED) is 0.772. The van der Waals surface area contributed by atoms with Crippen LogP contribution in [0.1, 0.15) is 50.4 Å². The van der Waals surface area contributed by atoms with E-state index in [1.807, 2.05) is 0 Å². The summed E-state index contributed by atoms with van der Waals surface area (Å²) in [5.74, 6) is -0.114. The lowest BCUT2D eigenvalue weighted by atomic mass is 9.90. The normalized spacial score (nSPS) is 15.7. The third-order valence-corrected chi connectivity index (χ3v) is 4.91. The summed E-state index contributed by atoms with van der Waals surface area (Å²) in [6.45, 7) is 4.98. The van der Waals surface area contributed by atoms with Crippen LogP contribution in [0.4, 0.5) is 0 Å². The van der Waals surface area contributed by atoms with Gasteiger partial charge in [0.05, 0.1) is 16.8 Å². The topological polar surface area (TPSA) is 66.6 Å². The fourth-order valence-corrected chi connectivity index (χ4v) is 3.16. The Labute approximate surface area is 128 Å². The minimum Gasteiger partial charge on any atom is -0.481 e. The number of imidazole rings is 1. The van der Waals surface area contributed by atoms with E-state index in [2.05, 4.69) is 21.3 Å². The first kappa shape index (κ1) is 14.5. The molecule has 3 rings (SSSR count). The highest BCUT2D eigenvalue weighted by atomic mass is 32.1. The zero-order valence-electron chi connectivity index (χ0n) is 12.4. The molecule has 5 nitrogen and oxygen atoms in total. The lowest BCUT2D eigenvalue weighted by Gasteiger charge is -2.19. The van der Waals surface area contributed by atoms with E-state index in [0.717, 1.165) is 11.5 Å². The average molecular weight is 307 g/mol. The minimum atomic E-state index is -0.743. The summed E-state index contributed by atoms with van der Waals surface area (Å²) in [7, 11) is 0. The van der Waals surface area contributed by atoms with Crippen LogP contribution in [0.15, 0.2) is 11.6 Å². The van der Waals surface area contributed by atoms with Gasteiger partial charge in [-0.3, -0.25) is 9.20 Å². The van der Waals surface area contributed by atoms with Gasteiger partial charge in [-0.1, -0.05) is 0 Å². The van der Waals surface area contributed by atoms with Gasteiger partial charge in [0.1, 0.15) is 0 Å². The molecule has 6 heteroatoms. The predicted octanol–water partition coefficient (Wildman–Crippen LogP) is 2.86. The Kier molecular flexibility index (Phi) is 3.75. The monoisotopic (exact) mass is 307 g/mol. The molecule has 1 saturated carbocycles. The van der Waals surface area contributed by atoms with E-state index in [1.165, 1.54) is 24.2 Å². The van der Waals surface area contributed by atoms with Crippen LogP contribution in [-0.4, -0.2) is 27.0 Å². The molecule has 114 valence electrons. The zero-order valence-corrected chi connectivity index (χ0v) is 13.2. The molecule has 0 bridgehead atoms. The molecular weight excluding hydrogens is 286 g/mol. The second-order valence-electron chi connectivity index (χ2n) is 6.39. The van der Waals surface area contributed by atoms with Crippen LogP contribution in [0, 0.1) is 5.41 Å². The number of aromatic nitrogens is 2. The smallest absolute Gasteiger partial charge is 0.309 e. The predicted molar refractivity (Wildman–Crippen MR) is 82.8 cm³/mol. The van der Waals surface area contributed by atoms with Crippen LogP contribution >= 0.6 is 11.3 Å². The molecule has 0 radical (unpaired) electrons. The lowest BCUT2D eigenvalue weighted by molar-refractivity contribution is -0.147. The SMILES string of the molecule is CC(C)(CCNCc1c(C2CC2)nc2sccn12)C(=O)O. The maximum atomic E-state index is 11.1. The molecule has 21 heavy (non-hydrogen) atoms. The average Bonchev–Trinajstić information content (AvgIpc) is 3.06. The van der Waals surface area contributed by atoms with Crippen molar-refractivity contribution in [3.63, 3.8) is 0 Å². The van der Waals surface area contributed by atoms with Gasteiger partial charge in [0.15, 0.2) is 4.96 Å². The van der Waals surface area contributed by atoms with E-state index in [1.54, 1.807) is 25.2 Å². The summed E-state index contributed by atoms with van der Waals surface area (Å²) >= 11 is 1.66. The Balaban J connectivity index is 1.64. The molecule has 2 heterocycles. The van der Waals surface area contributed by atoms with Gasteiger partial charge >= 0.3 is 5.97 Å². The Hall–Kier alpha value is -1.40. The molecule has 0 spiro atoms. The second-order valence-corrected chi connectivity index (χ2v) is 7.26. The summed E-state index contributed by atoms with van der Waals surface area (Å²) in [4.78, 5) is 16.9. The number of aliphatic carboxylic acids is 1. The summed E-state index contributed by atoms with van der Waals surface area (Å²) in [5.41, 5.74) is 1.79. The Morgan fingerprint density at radius 1 is 1.57 bits per heavy atom. The molecule has 0 amide bonds. The molecule has 1 fully saturated rings. The molecule has 2 aromatic rings. The summed E-state index contributed by atoms with van der Waals surface area (Å²) in [6.07, 6.45) is 5.16. The summed E-state index contributed by atoms with van der Waals surface area (Å²) in [6, 6.07) is 0. The first-order valence-electron chi connectivity index (χ1n) is 7.37. The number of carboxylic acids is 1. The largest absolute Gasteiger partial charge is 0.481 e. The highest BCUT2D eigenvalue weighted by Gasteiger charge is 2.30. The van der Waals surface area contributed by atoms with Gasteiger partial charge in [0.2, 0.25) is 0 Å². The van der Waals surface area contributed by atoms with Crippen LogP contribution in [0.5, 0.6) is 0 Å². The van der Waals surface area contributed by atoms with E-state index in [-0.39, 0.29) is 0 Å². The standard InChI is InChI=1S/C15H21N3O2S/c1-15(2,13(19)20)5-6-16-9-11-12(10-3-4-10)17-14-18(11)7-8-21-14/h7-8,10,16H,3-6,9H2,1-2H3,(H,19,20). The van der Waals surface area contributed by atoms with Crippen molar-refractivity contribution in [1.82, 2.24) is 14.7 Å². The van der Waals surface area contributed by atoms with Crippen molar-refractivity contribution in [1.29, 1.82) is 0 Å². The second kappa shape index (κ2) is 5.42. The summed E-state index contributed by atoms with van der Waals surface area (Å²) < 4.78 is 2.16. The van der Waals surface area contributed by atoms with Crippen molar-refractivity contribution in [2.24, 2.45) is 5.41 Å². The van der Waals surface area contributed by atoms with Crippen LogP contribution < -0.4 is 5.32 Å². The fraction of sp³-hybridized carbons (Fsp3) is 0.600. The van der Waals surface area contributed by atoms with Gasteiger partial charge in [-0.25, -0.2) is 4.98 Å². The first-order chi connectivity index (χ1) is 9.99.